The van der Waals surface area contributed by atoms with Crippen molar-refractivity contribution in [2.24, 2.45) is 0 Å². The zero-order valence-electron chi connectivity index (χ0n) is 16.9. The molecule has 0 unspecified atom stereocenters. The van der Waals surface area contributed by atoms with Gasteiger partial charge in [0.1, 0.15) is 0 Å². The fourth-order valence-electron chi connectivity index (χ4n) is 3.65. The van der Waals surface area contributed by atoms with Crippen LogP contribution in [0.1, 0.15) is 65.8 Å². The molecule has 2 aromatic rings. The lowest BCUT2D eigenvalue weighted by Gasteiger charge is -2.27. The van der Waals surface area contributed by atoms with Crippen LogP contribution in [0.3, 0.4) is 0 Å². The van der Waals surface area contributed by atoms with Gasteiger partial charge in [0.25, 0.3) is 11.8 Å². The van der Waals surface area contributed by atoms with E-state index in [0.717, 1.165) is 31.5 Å². The van der Waals surface area contributed by atoms with Crippen LogP contribution >= 0.6 is 0 Å². The lowest BCUT2D eigenvalue weighted by Crippen LogP contribution is -2.36. The average Bonchev–Trinajstić information content (AvgIpc) is 3.01. The Kier molecular flexibility index (Phi) is 6.85. The fourth-order valence-corrected chi connectivity index (χ4v) is 3.65. The third-order valence-electron chi connectivity index (χ3n) is 5.35. The van der Waals surface area contributed by atoms with Crippen LogP contribution < -0.4 is 0 Å². The first-order chi connectivity index (χ1) is 13.6. The zero-order chi connectivity index (χ0) is 19.9. The maximum Gasteiger partial charge on any atom is 0.254 e. The Morgan fingerprint density at radius 3 is 2.00 bits per heavy atom. The largest absolute Gasteiger partial charge is 0.339 e. The van der Waals surface area contributed by atoms with Crippen LogP contribution in [0.2, 0.25) is 0 Å². The van der Waals surface area contributed by atoms with Crippen molar-refractivity contribution >= 4 is 11.8 Å². The Labute approximate surface area is 168 Å². The molecule has 1 fully saturated rings. The van der Waals surface area contributed by atoms with Gasteiger partial charge in [-0.3, -0.25) is 9.59 Å². The molecule has 28 heavy (non-hydrogen) atoms. The molecule has 0 aromatic heterocycles. The van der Waals surface area contributed by atoms with Gasteiger partial charge in [-0.05, 0) is 56.5 Å². The molecular formula is C24H30N2O2. The highest BCUT2D eigenvalue weighted by molar-refractivity contribution is 5.98. The maximum atomic E-state index is 13.0. The lowest BCUT2D eigenvalue weighted by molar-refractivity contribution is 0.0688. The van der Waals surface area contributed by atoms with Crippen molar-refractivity contribution < 1.29 is 9.59 Å². The average molecular weight is 379 g/mol. The first kappa shape index (κ1) is 20.1. The second-order valence-corrected chi connectivity index (χ2v) is 7.80. The van der Waals surface area contributed by atoms with E-state index in [1.807, 2.05) is 54.0 Å². The van der Waals surface area contributed by atoms with Gasteiger partial charge in [-0.25, -0.2) is 0 Å². The minimum absolute atomic E-state index is 0.00683. The molecule has 1 aliphatic rings. The highest BCUT2D eigenvalue weighted by atomic mass is 16.2. The number of benzene rings is 2. The summed E-state index contributed by atoms with van der Waals surface area (Å²) in [5.41, 5.74) is 2.40. The van der Waals surface area contributed by atoms with Gasteiger partial charge in [0.2, 0.25) is 0 Å². The molecule has 4 nitrogen and oxygen atoms in total. The topological polar surface area (TPSA) is 40.6 Å². The molecule has 1 saturated heterocycles. The van der Waals surface area contributed by atoms with E-state index in [-0.39, 0.29) is 17.9 Å². The Bertz CT molecular complexity index is 776. The van der Waals surface area contributed by atoms with Gasteiger partial charge in [0, 0.05) is 36.8 Å². The molecule has 0 N–H and O–H groups in total. The molecule has 0 radical (unpaired) electrons. The number of rotatable bonds is 5. The normalized spacial score (nSPS) is 14.6. The number of likely N-dealkylation sites (tertiary alicyclic amines) is 1. The minimum atomic E-state index is -0.00683. The van der Waals surface area contributed by atoms with Crippen molar-refractivity contribution in [3.05, 3.63) is 71.3 Å². The zero-order valence-corrected chi connectivity index (χ0v) is 16.9. The molecular weight excluding hydrogens is 348 g/mol. The van der Waals surface area contributed by atoms with Gasteiger partial charge in [0.15, 0.2) is 0 Å². The molecule has 148 valence electrons. The summed E-state index contributed by atoms with van der Waals surface area (Å²) in [6, 6.07) is 17.3. The molecule has 0 spiro atoms. The summed E-state index contributed by atoms with van der Waals surface area (Å²) in [4.78, 5) is 29.6. The van der Waals surface area contributed by atoms with Crippen molar-refractivity contribution in [1.29, 1.82) is 0 Å². The predicted molar refractivity (Wildman–Crippen MR) is 112 cm³/mol. The first-order valence-electron chi connectivity index (χ1n) is 10.3. The Hall–Kier alpha value is -2.62. The second kappa shape index (κ2) is 9.54. The summed E-state index contributed by atoms with van der Waals surface area (Å²) in [5, 5.41) is 0. The molecule has 2 amide bonds. The summed E-state index contributed by atoms with van der Waals surface area (Å²) in [5.74, 6) is 0.0681. The van der Waals surface area contributed by atoms with Gasteiger partial charge < -0.3 is 9.80 Å². The third-order valence-corrected chi connectivity index (χ3v) is 5.35. The molecule has 3 rings (SSSR count). The number of carbonyl (C=O) groups is 2. The van der Waals surface area contributed by atoms with Crippen LogP contribution in [-0.2, 0) is 6.54 Å². The lowest BCUT2D eigenvalue weighted by atomic mass is 10.1. The highest BCUT2D eigenvalue weighted by Crippen LogP contribution is 2.17. The van der Waals surface area contributed by atoms with Crippen LogP contribution in [0.15, 0.2) is 54.6 Å². The first-order valence-corrected chi connectivity index (χ1v) is 10.3. The maximum absolute atomic E-state index is 13.0. The molecule has 1 heterocycles. The van der Waals surface area contributed by atoms with Crippen LogP contribution in [-0.4, -0.2) is 40.7 Å². The predicted octanol–water partition coefficient (Wildman–Crippen LogP) is 4.75. The van der Waals surface area contributed by atoms with Gasteiger partial charge in [-0.15, -0.1) is 0 Å². The van der Waals surface area contributed by atoms with Crippen molar-refractivity contribution in [2.45, 2.75) is 52.1 Å². The van der Waals surface area contributed by atoms with Crippen molar-refractivity contribution in [3.8, 4) is 0 Å². The van der Waals surface area contributed by atoms with Gasteiger partial charge in [-0.2, -0.15) is 0 Å². The van der Waals surface area contributed by atoms with Crippen LogP contribution in [0.4, 0.5) is 0 Å². The van der Waals surface area contributed by atoms with E-state index in [0.29, 0.717) is 17.7 Å². The standard InChI is InChI=1S/C24H30N2O2/c1-19(2)26(18-20-10-6-5-7-11-20)24(28)22-14-12-21(13-15-22)23(27)25-16-8-3-4-9-17-25/h5-7,10-15,19H,3-4,8-9,16-18H2,1-2H3. The van der Waals surface area contributed by atoms with Gasteiger partial charge >= 0.3 is 0 Å². The summed E-state index contributed by atoms with van der Waals surface area (Å²) >= 11 is 0. The molecule has 0 bridgehead atoms. The van der Waals surface area contributed by atoms with Crippen molar-refractivity contribution in [2.75, 3.05) is 13.1 Å². The monoisotopic (exact) mass is 378 g/mol. The number of carbonyl (C=O) groups excluding carboxylic acids is 2. The summed E-state index contributed by atoms with van der Waals surface area (Å²) in [6.07, 6.45) is 4.55. The second-order valence-electron chi connectivity index (χ2n) is 7.80. The number of amides is 2. The number of hydrogen-bond donors (Lipinski definition) is 0. The molecule has 0 atom stereocenters. The van der Waals surface area contributed by atoms with E-state index in [1.54, 1.807) is 24.3 Å². The van der Waals surface area contributed by atoms with E-state index in [9.17, 15) is 9.59 Å². The molecule has 1 aliphatic heterocycles. The van der Waals surface area contributed by atoms with E-state index in [2.05, 4.69) is 0 Å². The fraction of sp³-hybridized carbons (Fsp3) is 0.417. The van der Waals surface area contributed by atoms with E-state index < -0.39 is 0 Å². The Morgan fingerprint density at radius 2 is 1.43 bits per heavy atom. The number of nitrogens with zero attached hydrogens (tertiary/aromatic N) is 2. The van der Waals surface area contributed by atoms with E-state index in [4.69, 9.17) is 0 Å². The van der Waals surface area contributed by atoms with Gasteiger partial charge in [0.05, 0.1) is 0 Å². The van der Waals surface area contributed by atoms with E-state index in [1.165, 1.54) is 12.8 Å². The molecule has 0 aliphatic carbocycles. The SMILES string of the molecule is CC(C)N(Cc1ccccc1)C(=O)c1ccc(C(=O)N2CCCCCC2)cc1. The van der Waals surface area contributed by atoms with Gasteiger partial charge in [-0.1, -0.05) is 43.2 Å². The Morgan fingerprint density at radius 1 is 0.857 bits per heavy atom. The minimum Gasteiger partial charge on any atom is -0.339 e. The smallest absolute Gasteiger partial charge is 0.254 e. The molecule has 2 aromatic carbocycles. The highest BCUT2D eigenvalue weighted by Gasteiger charge is 2.21. The Balaban J connectivity index is 1.71. The molecule has 4 heteroatoms. The van der Waals surface area contributed by atoms with Crippen molar-refractivity contribution in [3.63, 3.8) is 0 Å². The third kappa shape index (κ3) is 5.00. The van der Waals surface area contributed by atoms with Crippen LogP contribution in [0, 0.1) is 0 Å². The van der Waals surface area contributed by atoms with E-state index >= 15 is 0 Å². The van der Waals surface area contributed by atoms with Crippen LogP contribution in [0.5, 0.6) is 0 Å². The number of hydrogen-bond acceptors (Lipinski definition) is 2. The summed E-state index contributed by atoms with van der Waals surface area (Å²) in [6.45, 7) is 6.29. The van der Waals surface area contributed by atoms with Crippen LogP contribution in [0.25, 0.3) is 0 Å². The summed E-state index contributed by atoms with van der Waals surface area (Å²) in [7, 11) is 0. The quantitative estimate of drug-likeness (QED) is 0.753. The summed E-state index contributed by atoms with van der Waals surface area (Å²) < 4.78 is 0. The van der Waals surface area contributed by atoms with Crippen molar-refractivity contribution in [1.82, 2.24) is 9.80 Å². The molecule has 0 saturated carbocycles.